The molecule has 3 amide bonds. The van der Waals surface area contributed by atoms with E-state index < -0.39 is 0 Å². The van der Waals surface area contributed by atoms with Crippen LogP contribution in [0.15, 0.2) is 66.9 Å². The summed E-state index contributed by atoms with van der Waals surface area (Å²) in [6.07, 6.45) is 1.57. The van der Waals surface area contributed by atoms with Crippen LogP contribution in [0, 0.1) is 13.8 Å². The molecule has 1 aliphatic heterocycles. The SMILES string of the molecule is Cc1ccc(Oc2ccc(NC(=O)N3CCN(C(=O)c4ccccc4)CC3)cn2)cc1C. The van der Waals surface area contributed by atoms with Crippen LogP contribution in [0.1, 0.15) is 21.5 Å². The average molecular weight is 431 g/mol. The minimum atomic E-state index is -0.207. The van der Waals surface area contributed by atoms with Crippen LogP contribution in [0.2, 0.25) is 0 Å². The minimum absolute atomic E-state index is 0.00535. The summed E-state index contributed by atoms with van der Waals surface area (Å²) in [7, 11) is 0. The van der Waals surface area contributed by atoms with E-state index in [0.29, 0.717) is 43.3 Å². The van der Waals surface area contributed by atoms with Crippen molar-refractivity contribution in [3.8, 4) is 11.6 Å². The summed E-state index contributed by atoms with van der Waals surface area (Å²) >= 11 is 0. The average Bonchev–Trinajstić information content (AvgIpc) is 2.83. The third kappa shape index (κ3) is 5.06. The number of carbonyl (C=O) groups is 2. The first-order valence-electron chi connectivity index (χ1n) is 10.6. The Morgan fingerprint density at radius 3 is 2.25 bits per heavy atom. The third-order valence-corrected chi connectivity index (χ3v) is 5.56. The Bertz CT molecular complexity index is 1090. The molecule has 1 saturated heterocycles. The lowest BCUT2D eigenvalue weighted by atomic mass is 10.1. The predicted octanol–water partition coefficient (Wildman–Crippen LogP) is 4.48. The summed E-state index contributed by atoms with van der Waals surface area (Å²) in [4.78, 5) is 32.9. The second-order valence-electron chi connectivity index (χ2n) is 7.81. The number of aromatic nitrogens is 1. The lowest BCUT2D eigenvalue weighted by Crippen LogP contribution is -2.51. The number of urea groups is 1. The number of hydrogen-bond acceptors (Lipinski definition) is 4. The Kier molecular flexibility index (Phi) is 6.35. The zero-order valence-corrected chi connectivity index (χ0v) is 18.2. The van der Waals surface area contributed by atoms with Gasteiger partial charge in [0, 0.05) is 37.8 Å². The first-order chi connectivity index (χ1) is 15.5. The van der Waals surface area contributed by atoms with Gasteiger partial charge in [0.25, 0.3) is 5.91 Å². The monoisotopic (exact) mass is 430 g/mol. The van der Waals surface area contributed by atoms with E-state index in [0.717, 1.165) is 11.3 Å². The molecule has 2 aromatic carbocycles. The largest absolute Gasteiger partial charge is 0.439 e. The highest BCUT2D eigenvalue weighted by Gasteiger charge is 2.24. The summed E-state index contributed by atoms with van der Waals surface area (Å²) < 4.78 is 5.79. The van der Waals surface area contributed by atoms with Crippen LogP contribution in [0.5, 0.6) is 11.6 Å². The van der Waals surface area contributed by atoms with Crippen molar-refractivity contribution in [3.63, 3.8) is 0 Å². The number of aryl methyl sites for hydroxylation is 2. The van der Waals surface area contributed by atoms with Crippen molar-refractivity contribution in [1.29, 1.82) is 0 Å². The van der Waals surface area contributed by atoms with E-state index in [-0.39, 0.29) is 11.9 Å². The molecule has 2 heterocycles. The van der Waals surface area contributed by atoms with Crippen molar-refractivity contribution >= 4 is 17.6 Å². The van der Waals surface area contributed by atoms with Gasteiger partial charge in [-0.05, 0) is 55.3 Å². The molecular weight excluding hydrogens is 404 g/mol. The Hall–Kier alpha value is -3.87. The molecule has 0 unspecified atom stereocenters. The minimum Gasteiger partial charge on any atom is -0.439 e. The van der Waals surface area contributed by atoms with E-state index in [4.69, 9.17) is 4.74 Å². The number of nitrogens with zero attached hydrogens (tertiary/aromatic N) is 3. The van der Waals surface area contributed by atoms with E-state index in [1.807, 2.05) is 55.5 Å². The van der Waals surface area contributed by atoms with Crippen molar-refractivity contribution in [2.24, 2.45) is 0 Å². The Morgan fingerprint density at radius 1 is 0.875 bits per heavy atom. The van der Waals surface area contributed by atoms with Gasteiger partial charge in [-0.1, -0.05) is 24.3 Å². The number of hydrogen-bond donors (Lipinski definition) is 1. The number of ether oxygens (including phenoxy) is 1. The lowest BCUT2D eigenvalue weighted by molar-refractivity contribution is 0.0671. The summed E-state index contributed by atoms with van der Waals surface area (Å²) in [6.45, 7) is 6.05. The molecule has 164 valence electrons. The molecule has 0 aliphatic carbocycles. The first-order valence-corrected chi connectivity index (χ1v) is 10.6. The maximum absolute atomic E-state index is 12.6. The van der Waals surface area contributed by atoms with Crippen molar-refractivity contribution in [1.82, 2.24) is 14.8 Å². The second kappa shape index (κ2) is 9.51. The van der Waals surface area contributed by atoms with Gasteiger partial charge in [0.05, 0.1) is 11.9 Å². The molecule has 32 heavy (non-hydrogen) atoms. The van der Waals surface area contributed by atoms with Gasteiger partial charge < -0.3 is 19.9 Å². The number of anilines is 1. The highest BCUT2D eigenvalue weighted by atomic mass is 16.5. The molecular formula is C25H26N4O3. The van der Waals surface area contributed by atoms with E-state index in [2.05, 4.69) is 17.2 Å². The lowest BCUT2D eigenvalue weighted by Gasteiger charge is -2.34. The number of nitrogens with one attached hydrogen (secondary N) is 1. The van der Waals surface area contributed by atoms with Crippen molar-refractivity contribution in [3.05, 3.63) is 83.6 Å². The summed E-state index contributed by atoms with van der Waals surface area (Å²) in [5.74, 6) is 1.17. The summed E-state index contributed by atoms with van der Waals surface area (Å²) in [5.41, 5.74) is 3.61. The Labute approximate surface area is 187 Å². The van der Waals surface area contributed by atoms with Crippen LogP contribution in [0.3, 0.4) is 0 Å². The Balaban J connectivity index is 1.29. The molecule has 0 radical (unpaired) electrons. The molecule has 7 heteroatoms. The van der Waals surface area contributed by atoms with Crippen molar-refractivity contribution < 1.29 is 14.3 Å². The van der Waals surface area contributed by atoms with E-state index in [9.17, 15) is 9.59 Å². The number of rotatable bonds is 4. The zero-order chi connectivity index (χ0) is 22.5. The molecule has 1 aliphatic rings. The molecule has 7 nitrogen and oxygen atoms in total. The number of pyridine rings is 1. The molecule has 1 aromatic heterocycles. The smallest absolute Gasteiger partial charge is 0.322 e. The maximum atomic E-state index is 12.6. The van der Waals surface area contributed by atoms with Gasteiger partial charge in [-0.15, -0.1) is 0 Å². The topological polar surface area (TPSA) is 74.8 Å². The molecule has 0 bridgehead atoms. The second-order valence-corrected chi connectivity index (χ2v) is 7.81. The number of piperazine rings is 1. The van der Waals surface area contributed by atoms with Crippen molar-refractivity contribution in [2.45, 2.75) is 13.8 Å². The van der Waals surface area contributed by atoms with E-state index in [1.165, 1.54) is 5.56 Å². The quantitative estimate of drug-likeness (QED) is 0.662. The van der Waals surface area contributed by atoms with Gasteiger partial charge >= 0.3 is 6.03 Å². The number of benzene rings is 2. The highest BCUT2D eigenvalue weighted by Crippen LogP contribution is 2.23. The van der Waals surface area contributed by atoms with Crippen LogP contribution in [0.4, 0.5) is 10.5 Å². The third-order valence-electron chi connectivity index (χ3n) is 5.56. The molecule has 0 spiro atoms. The normalized spacial score (nSPS) is 13.6. The molecule has 0 saturated carbocycles. The van der Waals surface area contributed by atoms with Crippen LogP contribution in [-0.2, 0) is 0 Å². The van der Waals surface area contributed by atoms with Gasteiger partial charge in [-0.25, -0.2) is 9.78 Å². The summed E-state index contributed by atoms with van der Waals surface area (Å²) in [6, 6.07) is 18.4. The molecule has 1 N–H and O–H groups in total. The van der Waals surface area contributed by atoms with Crippen LogP contribution in [0.25, 0.3) is 0 Å². The standard InChI is InChI=1S/C25H26N4O3/c1-18-8-10-22(16-19(18)2)32-23-11-9-21(17-26-23)27-25(31)29-14-12-28(13-15-29)24(30)20-6-4-3-5-7-20/h3-11,16-17H,12-15H2,1-2H3,(H,27,31). The van der Waals surface area contributed by atoms with Gasteiger partial charge in [-0.3, -0.25) is 4.79 Å². The van der Waals surface area contributed by atoms with Gasteiger partial charge in [0.2, 0.25) is 5.88 Å². The fourth-order valence-corrected chi connectivity index (χ4v) is 3.49. The zero-order valence-electron chi connectivity index (χ0n) is 18.2. The van der Waals surface area contributed by atoms with Crippen molar-refractivity contribution in [2.75, 3.05) is 31.5 Å². The molecule has 1 fully saturated rings. The van der Waals surface area contributed by atoms with Crippen LogP contribution < -0.4 is 10.1 Å². The fourth-order valence-electron chi connectivity index (χ4n) is 3.49. The first kappa shape index (κ1) is 21.4. The van der Waals surface area contributed by atoms with Crippen LogP contribution in [-0.4, -0.2) is 52.9 Å². The number of amides is 3. The molecule has 4 rings (SSSR count). The molecule has 0 atom stereocenters. The molecule has 3 aromatic rings. The number of carbonyl (C=O) groups excluding carboxylic acids is 2. The van der Waals surface area contributed by atoms with E-state index >= 15 is 0 Å². The fraction of sp³-hybridized carbons (Fsp3) is 0.240. The highest BCUT2D eigenvalue weighted by molar-refractivity contribution is 5.94. The predicted molar refractivity (Wildman–Crippen MR) is 123 cm³/mol. The van der Waals surface area contributed by atoms with Crippen LogP contribution >= 0.6 is 0 Å². The van der Waals surface area contributed by atoms with Gasteiger partial charge in [-0.2, -0.15) is 0 Å². The van der Waals surface area contributed by atoms with Gasteiger partial charge in [0.1, 0.15) is 5.75 Å². The Morgan fingerprint density at radius 2 is 1.59 bits per heavy atom. The summed E-state index contributed by atoms with van der Waals surface area (Å²) in [5, 5.41) is 2.86. The van der Waals surface area contributed by atoms with E-state index in [1.54, 1.807) is 28.1 Å². The maximum Gasteiger partial charge on any atom is 0.322 e. The van der Waals surface area contributed by atoms with Gasteiger partial charge in [0.15, 0.2) is 0 Å².